The highest BCUT2D eigenvalue weighted by atomic mass is 19.4. The summed E-state index contributed by atoms with van der Waals surface area (Å²) < 4.78 is 57.1. The van der Waals surface area contributed by atoms with Gasteiger partial charge in [-0.15, -0.1) is 0 Å². The summed E-state index contributed by atoms with van der Waals surface area (Å²) in [5, 5.41) is 2.83. The van der Waals surface area contributed by atoms with Gasteiger partial charge in [-0.1, -0.05) is 12.1 Å². The van der Waals surface area contributed by atoms with Crippen molar-refractivity contribution in [1.29, 1.82) is 0 Å². The van der Waals surface area contributed by atoms with Crippen molar-refractivity contribution in [3.8, 4) is 17.1 Å². The lowest BCUT2D eigenvalue weighted by atomic mass is 10.1. The molecule has 1 aromatic carbocycles. The molecule has 3 aromatic rings. The quantitative estimate of drug-likeness (QED) is 0.456. The minimum absolute atomic E-state index is 0.118. The first kappa shape index (κ1) is 27.2. The molecule has 2 atom stereocenters. The maximum absolute atomic E-state index is 13.6. The number of rotatable bonds is 5. The average Bonchev–Trinajstić information content (AvgIpc) is 3.50. The molecule has 13 heteroatoms. The van der Waals surface area contributed by atoms with Gasteiger partial charge in [-0.2, -0.15) is 13.2 Å². The Morgan fingerprint density at radius 1 is 1.22 bits per heavy atom. The molecule has 41 heavy (non-hydrogen) atoms. The first-order valence-corrected chi connectivity index (χ1v) is 13.3. The summed E-state index contributed by atoms with van der Waals surface area (Å²) in [5.74, 6) is 0.668. The number of halogens is 3. The number of aryl methyl sites for hydroxylation is 1. The third-order valence-electron chi connectivity index (χ3n) is 7.25. The molecule has 6 rings (SSSR count). The maximum atomic E-state index is 13.6. The summed E-state index contributed by atoms with van der Waals surface area (Å²) in [6, 6.07) is 7.60. The van der Waals surface area contributed by atoms with Gasteiger partial charge in [0.15, 0.2) is 17.4 Å². The molecule has 1 N–H and O–H groups in total. The topological polar surface area (TPSA) is 102 Å². The number of nitrogens with zero attached hydrogens (tertiary/aromatic N) is 5. The third-order valence-corrected chi connectivity index (χ3v) is 7.25. The molecule has 2 bridgehead atoms. The molecule has 2 saturated heterocycles. The lowest BCUT2D eigenvalue weighted by Crippen LogP contribution is -2.48. The molecule has 5 heterocycles. The second-order valence-corrected chi connectivity index (χ2v) is 10.7. The molecule has 1 unspecified atom stereocenters. The van der Waals surface area contributed by atoms with E-state index in [0.717, 1.165) is 12.1 Å². The highest BCUT2D eigenvalue weighted by Crippen LogP contribution is 2.42. The van der Waals surface area contributed by atoms with E-state index in [1.54, 1.807) is 24.0 Å². The minimum Gasteiger partial charge on any atom is -0.489 e. The second kappa shape index (κ2) is 10.1. The molecular formula is C28H29F3N6O4. The molecule has 2 fully saturated rings. The number of benzene rings is 1. The van der Waals surface area contributed by atoms with Gasteiger partial charge in [-0.25, -0.2) is 19.7 Å². The predicted molar refractivity (Wildman–Crippen MR) is 144 cm³/mol. The summed E-state index contributed by atoms with van der Waals surface area (Å²) >= 11 is 0. The average molecular weight is 571 g/mol. The Kier molecular flexibility index (Phi) is 6.73. The Hall–Kier alpha value is -3.97. The number of nitrogens with one attached hydrogen (secondary N) is 1. The number of carbonyl (C=O) groups excluding carboxylic acids is 1. The highest BCUT2D eigenvalue weighted by molar-refractivity contribution is 6.04. The van der Waals surface area contributed by atoms with Crippen molar-refractivity contribution in [3.05, 3.63) is 53.9 Å². The fraction of sp³-hybridized carbons (Fsp3) is 0.429. The number of hydrogen-bond donors (Lipinski definition) is 1. The van der Waals surface area contributed by atoms with E-state index in [1.165, 1.54) is 18.3 Å². The van der Waals surface area contributed by atoms with E-state index in [9.17, 15) is 18.0 Å². The van der Waals surface area contributed by atoms with Crippen LogP contribution in [0.1, 0.15) is 31.5 Å². The Morgan fingerprint density at radius 2 is 2.05 bits per heavy atom. The number of fused-ring (bicyclic) bond motifs is 4. The molecule has 10 nitrogen and oxygen atoms in total. The summed E-state index contributed by atoms with van der Waals surface area (Å²) in [5.41, 5.74) is 0.705. The lowest BCUT2D eigenvalue weighted by Gasteiger charge is -2.36. The zero-order chi connectivity index (χ0) is 28.9. The number of anilines is 3. The Morgan fingerprint density at radius 3 is 2.76 bits per heavy atom. The van der Waals surface area contributed by atoms with Crippen molar-refractivity contribution in [2.24, 2.45) is 0 Å². The van der Waals surface area contributed by atoms with Crippen LogP contribution in [0, 0.1) is 6.92 Å². The number of pyridine rings is 1. The van der Waals surface area contributed by atoms with Crippen molar-refractivity contribution in [2.75, 3.05) is 41.4 Å². The van der Waals surface area contributed by atoms with E-state index in [4.69, 9.17) is 14.2 Å². The van der Waals surface area contributed by atoms with Gasteiger partial charge in [0, 0.05) is 18.7 Å². The zero-order valence-corrected chi connectivity index (χ0v) is 22.7. The Bertz CT molecular complexity index is 1470. The maximum Gasteiger partial charge on any atom is 0.416 e. The van der Waals surface area contributed by atoms with E-state index in [0.29, 0.717) is 61.5 Å². The van der Waals surface area contributed by atoms with E-state index < -0.39 is 23.6 Å². The third kappa shape index (κ3) is 5.51. The largest absolute Gasteiger partial charge is 0.489 e. The second-order valence-electron chi connectivity index (χ2n) is 10.7. The van der Waals surface area contributed by atoms with Crippen LogP contribution in [-0.2, 0) is 15.7 Å². The number of aromatic nitrogens is 3. The number of hydrogen-bond acceptors (Lipinski definition) is 8. The number of ether oxygens (including phenoxy) is 3. The first-order chi connectivity index (χ1) is 19.5. The van der Waals surface area contributed by atoms with Crippen LogP contribution in [0.5, 0.6) is 5.75 Å². The molecule has 0 spiro atoms. The van der Waals surface area contributed by atoms with Gasteiger partial charge in [0.05, 0.1) is 30.1 Å². The SMILES string of the molecule is Cc1nc(-c2cccc(C(F)(F)F)c2)nc2c1N1CC[C@@H](C1)N2C(=O)Nc1ccc(OCC2COC(C)(C)O2)cn1. The van der Waals surface area contributed by atoms with Crippen molar-refractivity contribution >= 4 is 23.4 Å². The predicted octanol–water partition coefficient (Wildman–Crippen LogP) is 5.03. The molecule has 2 amide bonds. The highest BCUT2D eigenvalue weighted by Gasteiger charge is 2.42. The molecule has 0 saturated carbocycles. The normalized spacial score (nSPS) is 21.1. The minimum atomic E-state index is -4.50. The standard InChI is InChI=1S/C28H29F3N6O4/c1-16-23-25(35-24(33-16)17-5-4-6-18(11-17)28(29,30)31)37(19-9-10-36(23)13-19)26(38)34-22-8-7-20(12-32-22)39-14-21-15-40-27(2,3)41-21/h4-8,11-12,19,21H,9-10,13-15H2,1-3H3,(H,32,34,38)/t19-,21?/m0/s1. The van der Waals surface area contributed by atoms with Crippen molar-refractivity contribution in [1.82, 2.24) is 15.0 Å². The fourth-order valence-electron chi connectivity index (χ4n) is 5.39. The van der Waals surface area contributed by atoms with Gasteiger partial charge in [0.2, 0.25) is 0 Å². The lowest BCUT2D eigenvalue weighted by molar-refractivity contribution is -0.141. The van der Waals surface area contributed by atoms with Crippen LogP contribution in [0.25, 0.3) is 11.4 Å². The number of alkyl halides is 3. The number of urea groups is 1. The zero-order valence-electron chi connectivity index (χ0n) is 22.7. The first-order valence-electron chi connectivity index (χ1n) is 13.3. The van der Waals surface area contributed by atoms with Gasteiger partial charge in [0.1, 0.15) is 30.0 Å². The van der Waals surface area contributed by atoms with E-state index >= 15 is 0 Å². The van der Waals surface area contributed by atoms with E-state index in [-0.39, 0.29) is 23.5 Å². The van der Waals surface area contributed by atoms with Crippen molar-refractivity contribution < 1.29 is 32.2 Å². The van der Waals surface area contributed by atoms with Gasteiger partial charge >= 0.3 is 12.2 Å². The molecule has 216 valence electrons. The Labute approximate surface area is 234 Å². The molecule has 0 radical (unpaired) electrons. The molecule has 3 aliphatic heterocycles. The van der Waals surface area contributed by atoms with Gasteiger partial charge in [-0.3, -0.25) is 10.2 Å². The summed E-state index contributed by atoms with van der Waals surface area (Å²) in [4.78, 5) is 30.7. The van der Waals surface area contributed by atoms with Crippen LogP contribution in [0.2, 0.25) is 0 Å². The van der Waals surface area contributed by atoms with Crippen molar-refractivity contribution in [2.45, 2.75) is 51.3 Å². The molecule has 0 aliphatic carbocycles. The van der Waals surface area contributed by atoms with E-state index in [1.807, 2.05) is 13.8 Å². The van der Waals surface area contributed by atoms with E-state index in [2.05, 4.69) is 25.2 Å². The van der Waals surface area contributed by atoms with Crippen LogP contribution in [-0.4, -0.2) is 65.2 Å². The van der Waals surface area contributed by atoms with Crippen LogP contribution in [0.4, 0.5) is 35.3 Å². The number of amides is 2. The Balaban J connectivity index is 1.22. The van der Waals surface area contributed by atoms with Crippen molar-refractivity contribution in [3.63, 3.8) is 0 Å². The van der Waals surface area contributed by atoms with Crippen LogP contribution >= 0.6 is 0 Å². The smallest absolute Gasteiger partial charge is 0.416 e. The van der Waals surface area contributed by atoms with Gasteiger partial charge in [-0.05, 0) is 51.5 Å². The summed E-state index contributed by atoms with van der Waals surface area (Å²) in [7, 11) is 0. The molecule has 2 aromatic heterocycles. The number of carbonyl (C=O) groups is 1. The van der Waals surface area contributed by atoms with Crippen LogP contribution in [0.3, 0.4) is 0 Å². The fourth-order valence-corrected chi connectivity index (χ4v) is 5.39. The molecular weight excluding hydrogens is 541 g/mol. The van der Waals surface area contributed by atoms with Gasteiger partial charge in [0.25, 0.3) is 0 Å². The molecule has 3 aliphatic rings. The summed E-state index contributed by atoms with van der Waals surface area (Å²) in [6.45, 7) is 7.51. The van der Waals surface area contributed by atoms with Gasteiger partial charge < -0.3 is 19.1 Å². The van der Waals surface area contributed by atoms with Crippen LogP contribution < -0.4 is 19.9 Å². The monoisotopic (exact) mass is 570 g/mol. The summed E-state index contributed by atoms with van der Waals surface area (Å²) in [6.07, 6.45) is -2.47. The van der Waals surface area contributed by atoms with Crippen LogP contribution in [0.15, 0.2) is 42.6 Å².